The quantitative estimate of drug-likeness (QED) is 0.600. The molecule has 3 heteroatoms. The van der Waals surface area contributed by atoms with Crippen molar-refractivity contribution in [3.05, 3.63) is 95.1 Å². The van der Waals surface area contributed by atoms with Gasteiger partial charge in [0.25, 0.3) is 0 Å². The Labute approximate surface area is 180 Å². The molecule has 3 nitrogen and oxygen atoms in total. The summed E-state index contributed by atoms with van der Waals surface area (Å²) >= 11 is 0. The van der Waals surface area contributed by atoms with Crippen molar-refractivity contribution in [2.75, 3.05) is 26.2 Å². The van der Waals surface area contributed by atoms with Gasteiger partial charge in [-0.25, -0.2) is 0 Å². The molecule has 2 aliphatic heterocycles. The number of carbonyl (C=O) groups is 1. The first-order chi connectivity index (χ1) is 14.6. The Kier molecular flexibility index (Phi) is 6.61. The van der Waals surface area contributed by atoms with Crippen LogP contribution in [0, 0.1) is 11.8 Å². The lowest BCUT2D eigenvalue weighted by Crippen LogP contribution is -2.28. The van der Waals surface area contributed by atoms with E-state index in [4.69, 9.17) is 0 Å². The Morgan fingerprint density at radius 3 is 1.53 bits per heavy atom. The lowest BCUT2D eigenvalue weighted by atomic mass is 9.85. The molecule has 0 amide bonds. The fourth-order valence-electron chi connectivity index (χ4n) is 4.56. The lowest BCUT2D eigenvalue weighted by Gasteiger charge is -2.22. The highest BCUT2D eigenvalue weighted by molar-refractivity contribution is 5.88. The van der Waals surface area contributed by atoms with Crippen LogP contribution in [0.15, 0.2) is 84.0 Å². The number of benzene rings is 2. The van der Waals surface area contributed by atoms with Crippen molar-refractivity contribution in [2.24, 2.45) is 11.8 Å². The van der Waals surface area contributed by atoms with E-state index in [2.05, 4.69) is 96.5 Å². The van der Waals surface area contributed by atoms with Gasteiger partial charge < -0.3 is 0 Å². The average Bonchev–Trinajstić information content (AvgIpc) is 3.43. The fraction of sp³-hybridized carbons (Fsp3) is 0.370. The molecular formula is C27H32N2O. The number of ketones is 1. The zero-order chi connectivity index (χ0) is 20.9. The van der Waals surface area contributed by atoms with Crippen LogP contribution in [0.3, 0.4) is 0 Å². The zero-order valence-corrected chi connectivity index (χ0v) is 18.1. The van der Waals surface area contributed by atoms with Crippen molar-refractivity contribution in [1.29, 1.82) is 0 Å². The van der Waals surface area contributed by atoms with E-state index >= 15 is 0 Å². The maximum absolute atomic E-state index is 13.2. The van der Waals surface area contributed by atoms with Gasteiger partial charge in [-0.05, 0) is 22.3 Å². The van der Waals surface area contributed by atoms with Crippen LogP contribution < -0.4 is 0 Å². The van der Waals surface area contributed by atoms with Crippen molar-refractivity contribution >= 4 is 5.78 Å². The van der Waals surface area contributed by atoms with Crippen molar-refractivity contribution < 1.29 is 4.79 Å². The Balaban J connectivity index is 1.28. The molecule has 4 rings (SSSR count). The summed E-state index contributed by atoms with van der Waals surface area (Å²) in [6.45, 7) is 9.73. The summed E-state index contributed by atoms with van der Waals surface area (Å²) in [6.07, 6.45) is 4.53. The summed E-state index contributed by atoms with van der Waals surface area (Å²) in [5.41, 5.74) is 5.22. The van der Waals surface area contributed by atoms with Crippen molar-refractivity contribution in [3.8, 4) is 0 Å². The van der Waals surface area contributed by atoms with Crippen LogP contribution in [0.4, 0.5) is 0 Å². The van der Waals surface area contributed by atoms with E-state index in [0.29, 0.717) is 5.78 Å². The summed E-state index contributed by atoms with van der Waals surface area (Å²) in [6, 6.07) is 21.1. The second-order valence-corrected chi connectivity index (χ2v) is 8.71. The van der Waals surface area contributed by atoms with E-state index in [1.54, 1.807) is 0 Å². The van der Waals surface area contributed by atoms with Crippen LogP contribution in [0.2, 0.25) is 0 Å². The Bertz CT molecular complexity index is 841. The highest BCUT2D eigenvalue weighted by Gasteiger charge is 2.30. The molecule has 0 aliphatic carbocycles. The number of hydrogen-bond acceptors (Lipinski definition) is 3. The Hall–Kier alpha value is -2.49. The molecule has 0 bridgehead atoms. The molecule has 0 radical (unpaired) electrons. The number of hydrogen-bond donors (Lipinski definition) is 0. The fourth-order valence-corrected chi connectivity index (χ4v) is 4.56. The van der Waals surface area contributed by atoms with Crippen molar-refractivity contribution in [1.82, 2.24) is 9.80 Å². The highest BCUT2D eigenvalue weighted by atomic mass is 16.1. The van der Waals surface area contributed by atoms with E-state index in [1.165, 1.54) is 22.3 Å². The first-order valence-electron chi connectivity index (χ1n) is 11.0. The average molecular weight is 401 g/mol. The smallest absolute Gasteiger partial charge is 0.146 e. The summed E-state index contributed by atoms with van der Waals surface area (Å²) < 4.78 is 0. The number of nitrogens with zero attached hydrogens (tertiary/aromatic N) is 2. The molecule has 0 saturated heterocycles. The number of rotatable bonds is 8. The van der Waals surface area contributed by atoms with Crippen LogP contribution in [0.1, 0.15) is 25.0 Å². The summed E-state index contributed by atoms with van der Waals surface area (Å²) in [5, 5.41) is 0. The maximum atomic E-state index is 13.2. The minimum atomic E-state index is -0.00940. The van der Waals surface area contributed by atoms with E-state index in [-0.39, 0.29) is 11.8 Å². The summed E-state index contributed by atoms with van der Waals surface area (Å²) in [5.74, 6) is 0.338. The Morgan fingerprint density at radius 1 is 0.733 bits per heavy atom. The molecule has 0 fully saturated rings. The van der Waals surface area contributed by atoms with Crippen LogP contribution in [-0.2, 0) is 17.9 Å². The van der Waals surface area contributed by atoms with Crippen molar-refractivity contribution in [2.45, 2.75) is 26.9 Å². The normalized spacial score (nSPS) is 19.4. The van der Waals surface area contributed by atoms with Crippen LogP contribution >= 0.6 is 0 Å². The first kappa shape index (κ1) is 20.8. The van der Waals surface area contributed by atoms with E-state index in [0.717, 1.165) is 39.3 Å². The molecule has 2 aromatic rings. The van der Waals surface area contributed by atoms with E-state index < -0.39 is 0 Å². The minimum absolute atomic E-state index is 0.00940. The minimum Gasteiger partial charge on any atom is -0.298 e. The van der Waals surface area contributed by atoms with Gasteiger partial charge in [-0.2, -0.15) is 0 Å². The monoisotopic (exact) mass is 400 g/mol. The number of Topliss-reactive ketones (excluding diaryl/α,β-unsaturated/α-hetero) is 1. The Morgan fingerprint density at radius 2 is 1.13 bits per heavy atom. The SMILES string of the molecule is CC(C(=O)C(C)C1=CCN(Cc2ccccc2)C1)C1=CCN(Cc2ccccc2)C1. The maximum Gasteiger partial charge on any atom is 0.146 e. The number of carbonyl (C=O) groups excluding carboxylic acids is 1. The summed E-state index contributed by atoms with van der Waals surface area (Å²) in [4.78, 5) is 18.1. The van der Waals surface area contributed by atoms with Crippen LogP contribution in [0.5, 0.6) is 0 Å². The third kappa shape index (κ3) is 4.97. The predicted molar refractivity (Wildman–Crippen MR) is 123 cm³/mol. The van der Waals surface area contributed by atoms with Gasteiger partial charge >= 0.3 is 0 Å². The molecule has 156 valence electrons. The molecule has 2 aromatic carbocycles. The van der Waals surface area contributed by atoms with Crippen molar-refractivity contribution in [3.63, 3.8) is 0 Å². The molecule has 2 aliphatic rings. The lowest BCUT2D eigenvalue weighted by molar-refractivity contribution is -0.123. The van der Waals surface area contributed by atoms with Gasteiger partial charge in [-0.1, -0.05) is 86.7 Å². The molecule has 0 N–H and O–H groups in total. The van der Waals surface area contributed by atoms with Gasteiger partial charge in [0.2, 0.25) is 0 Å². The molecule has 2 atom stereocenters. The van der Waals surface area contributed by atoms with Gasteiger partial charge in [0.05, 0.1) is 0 Å². The van der Waals surface area contributed by atoms with Gasteiger partial charge in [0.15, 0.2) is 0 Å². The third-order valence-corrected chi connectivity index (χ3v) is 6.50. The van der Waals surface area contributed by atoms with Crippen LogP contribution in [-0.4, -0.2) is 41.8 Å². The van der Waals surface area contributed by atoms with Gasteiger partial charge in [-0.3, -0.25) is 14.6 Å². The standard InChI is InChI=1S/C27H32N2O/c1-21(25-13-15-28(19-25)17-23-9-5-3-6-10-23)27(30)22(2)26-14-16-29(20-26)18-24-11-7-4-8-12-24/h3-14,21-22H,15-20H2,1-2H3. The molecule has 2 heterocycles. The topological polar surface area (TPSA) is 23.6 Å². The summed E-state index contributed by atoms with van der Waals surface area (Å²) in [7, 11) is 0. The molecule has 0 saturated carbocycles. The van der Waals surface area contributed by atoms with Gasteiger partial charge in [0, 0.05) is 51.1 Å². The molecule has 0 spiro atoms. The molecular weight excluding hydrogens is 368 g/mol. The van der Waals surface area contributed by atoms with E-state index in [9.17, 15) is 4.79 Å². The molecule has 0 aromatic heterocycles. The highest BCUT2D eigenvalue weighted by Crippen LogP contribution is 2.28. The molecule has 30 heavy (non-hydrogen) atoms. The van der Waals surface area contributed by atoms with Gasteiger partial charge in [-0.15, -0.1) is 0 Å². The second kappa shape index (κ2) is 9.55. The zero-order valence-electron chi connectivity index (χ0n) is 18.1. The van der Waals surface area contributed by atoms with Crippen LogP contribution in [0.25, 0.3) is 0 Å². The predicted octanol–water partition coefficient (Wildman–Crippen LogP) is 4.71. The third-order valence-electron chi connectivity index (χ3n) is 6.50. The van der Waals surface area contributed by atoms with E-state index in [1.807, 2.05) is 0 Å². The van der Waals surface area contributed by atoms with Gasteiger partial charge in [0.1, 0.15) is 5.78 Å². The molecule has 2 unspecified atom stereocenters. The largest absolute Gasteiger partial charge is 0.298 e. The first-order valence-corrected chi connectivity index (χ1v) is 11.0. The second-order valence-electron chi connectivity index (χ2n) is 8.71.